The Bertz CT molecular complexity index is 1040. The summed E-state index contributed by atoms with van der Waals surface area (Å²) in [5, 5.41) is 14.3. The molecule has 2 N–H and O–H groups in total. The maximum Gasteiger partial charge on any atom is 0.119 e. The fourth-order valence-corrected chi connectivity index (χ4v) is 4.74. The number of likely N-dealkylation sites (tertiary alicyclic amines) is 1. The van der Waals surface area contributed by atoms with Crippen LogP contribution in [0, 0.1) is 11.3 Å². The van der Waals surface area contributed by atoms with Gasteiger partial charge in [0.1, 0.15) is 12.4 Å². The van der Waals surface area contributed by atoms with Crippen molar-refractivity contribution in [3.63, 3.8) is 0 Å². The Morgan fingerprint density at radius 3 is 2.93 bits per heavy atom. The number of nitriles is 1. The monoisotopic (exact) mass is 372 g/mol. The number of H-pyrrole nitrogens is 1. The second kappa shape index (κ2) is 6.97. The lowest BCUT2D eigenvalue weighted by molar-refractivity contribution is 0.218. The lowest BCUT2D eigenvalue weighted by atomic mass is 9.86. The number of para-hydroxylation sites is 1. The van der Waals surface area contributed by atoms with E-state index in [4.69, 9.17) is 4.74 Å². The Morgan fingerprint density at radius 1 is 1.18 bits per heavy atom. The van der Waals surface area contributed by atoms with E-state index in [9.17, 15) is 5.26 Å². The highest BCUT2D eigenvalue weighted by atomic mass is 16.5. The molecule has 1 spiro atoms. The van der Waals surface area contributed by atoms with Gasteiger partial charge in [0.15, 0.2) is 0 Å². The molecule has 2 aliphatic heterocycles. The number of fused-ring (bicyclic) bond motifs is 4. The molecule has 0 amide bonds. The van der Waals surface area contributed by atoms with Crippen LogP contribution < -0.4 is 10.1 Å². The molecule has 0 bridgehead atoms. The van der Waals surface area contributed by atoms with Crippen LogP contribution in [0.15, 0.2) is 48.5 Å². The van der Waals surface area contributed by atoms with E-state index < -0.39 is 0 Å². The van der Waals surface area contributed by atoms with Gasteiger partial charge < -0.3 is 15.0 Å². The minimum atomic E-state index is -0.0217. The standard InChI is InChI=1S/C23H24N4O/c24-15-17-6-7-21-20(14-17)19-8-10-25-23(22(19)26-21)9-11-27(16-23)12-13-28-18-4-2-1-3-5-18/h1-7,14,25-26H,8-13,16H2. The van der Waals surface area contributed by atoms with E-state index in [1.807, 2.05) is 48.5 Å². The summed E-state index contributed by atoms with van der Waals surface area (Å²) < 4.78 is 5.89. The average Bonchev–Trinajstić information content (AvgIpc) is 3.31. The molecule has 0 radical (unpaired) electrons. The molecule has 2 aromatic carbocycles. The van der Waals surface area contributed by atoms with Crippen molar-refractivity contribution < 1.29 is 4.74 Å². The van der Waals surface area contributed by atoms with Crippen molar-refractivity contribution in [2.75, 3.05) is 32.8 Å². The molecule has 0 aliphatic carbocycles. The average molecular weight is 372 g/mol. The Kier molecular flexibility index (Phi) is 4.31. The summed E-state index contributed by atoms with van der Waals surface area (Å²) >= 11 is 0. The summed E-state index contributed by atoms with van der Waals surface area (Å²) in [6.07, 6.45) is 2.09. The second-order valence-corrected chi connectivity index (χ2v) is 7.80. The van der Waals surface area contributed by atoms with Gasteiger partial charge in [0.2, 0.25) is 0 Å². The van der Waals surface area contributed by atoms with Gasteiger partial charge in [0, 0.05) is 42.8 Å². The number of nitrogens with one attached hydrogen (secondary N) is 2. The van der Waals surface area contributed by atoms with Gasteiger partial charge in [0.05, 0.1) is 17.2 Å². The van der Waals surface area contributed by atoms with E-state index in [1.165, 1.54) is 16.6 Å². The highest BCUT2D eigenvalue weighted by Crippen LogP contribution is 2.39. The van der Waals surface area contributed by atoms with E-state index >= 15 is 0 Å². The Labute approximate surface area is 164 Å². The minimum Gasteiger partial charge on any atom is -0.492 e. The molecule has 3 heterocycles. The van der Waals surface area contributed by atoms with E-state index in [0.29, 0.717) is 6.61 Å². The molecule has 1 saturated heterocycles. The summed E-state index contributed by atoms with van der Waals surface area (Å²) in [4.78, 5) is 6.16. The normalized spacial score (nSPS) is 21.7. The van der Waals surface area contributed by atoms with Crippen molar-refractivity contribution in [2.24, 2.45) is 0 Å². The molecule has 0 saturated carbocycles. The fourth-order valence-electron chi connectivity index (χ4n) is 4.74. The lowest BCUT2D eigenvalue weighted by Gasteiger charge is -2.35. The molecule has 5 rings (SSSR count). The number of ether oxygens (including phenoxy) is 1. The largest absolute Gasteiger partial charge is 0.492 e. The maximum atomic E-state index is 9.25. The molecule has 2 aliphatic rings. The number of nitrogens with zero attached hydrogens (tertiary/aromatic N) is 2. The van der Waals surface area contributed by atoms with Crippen LogP contribution in [0.3, 0.4) is 0 Å². The highest BCUT2D eigenvalue weighted by Gasteiger charge is 2.43. The van der Waals surface area contributed by atoms with Crippen molar-refractivity contribution in [3.05, 3.63) is 65.4 Å². The maximum absolute atomic E-state index is 9.25. The van der Waals surface area contributed by atoms with E-state index in [-0.39, 0.29) is 5.54 Å². The molecule has 5 heteroatoms. The zero-order valence-corrected chi connectivity index (χ0v) is 15.9. The van der Waals surface area contributed by atoms with Gasteiger partial charge in [-0.3, -0.25) is 4.90 Å². The van der Waals surface area contributed by atoms with Gasteiger partial charge in [-0.15, -0.1) is 0 Å². The first-order valence-corrected chi connectivity index (χ1v) is 9.98. The van der Waals surface area contributed by atoms with E-state index in [2.05, 4.69) is 21.3 Å². The Hall–Kier alpha value is -2.81. The lowest BCUT2D eigenvalue weighted by Crippen LogP contribution is -2.49. The predicted octanol–water partition coefficient (Wildman–Crippen LogP) is 3.17. The van der Waals surface area contributed by atoms with Gasteiger partial charge in [-0.1, -0.05) is 18.2 Å². The number of aromatic nitrogens is 1. The summed E-state index contributed by atoms with van der Waals surface area (Å²) in [5.41, 5.74) is 4.54. The summed E-state index contributed by atoms with van der Waals surface area (Å²) in [6.45, 7) is 4.64. The van der Waals surface area contributed by atoms with Gasteiger partial charge in [0.25, 0.3) is 0 Å². The molecule has 28 heavy (non-hydrogen) atoms. The zero-order valence-electron chi connectivity index (χ0n) is 15.9. The number of hydrogen-bond acceptors (Lipinski definition) is 4. The third kappa shape index (κ3) is 2.95. The molecule has 5 nitrogen and oxygen atoms in total. The first-order valence-electron chi connectivity index (χ1n) is 9.98. The van der Waals surface area contributed by atoms with Gasteiger partial charge in [-0.05, 0) is 48.7 Å². The zero-order chi connectivity index (χ0) is 19.0. The third-order valence-corrected chi connectivity index (χ3v) is 6.12. The van der Waals surface area contributed by atoms with Crippen LogP contribution in [-0.2, 0) is 12.0 Å². The van der Waals surface area contributed by atoms with Crippen molar-refractivity contribution in [1.82, 2.24) is 15.2 Å². The van der Waals surface area contributed by atoms with Crippen molar-refractivity contribution in [3.8, 4) is 11.8 Å². The summed E-state index contributed by atoms with van der Waals surface area (Å²) in [6, 6.07) is 18.2. The molecule has 1 aromatic heterocycles. The molecule has 142 valence electrons. The van der Waals surface area contributed by atoms with Crippen LogP contribution in [0.1, 0.15) is 23.2 Å². The molecule has 3 aromatic rings. The first-order chi connectivity index (χ1) is 13.8. The smallest absolute Gasteiger partial charge is 0.119 e. The summed E-state index contributed by atoms with van der Waals surface area (Å²) in [7, 11) is 0. The van der Waals surface area contributed by atoms with Crippen LogP contribution in [-0.4, -0.2) is 42.7 Å². The topological polar surface area (TPSA) is 64.1 Å². The van der Waals surface area contributed by atoms with Crippen molar-refractivity contribution >= 4 is 10.9 Å². The number of aromatic amines is 1. The number of hydrogen-bond donors (Lipinski definition) is 2. The van der Waals surface area contributed by atoms with Crippen LogP contribution in [0.4, 0.5) is 0 Å². The first kappa shape index (κ1) is 17.3. The molecule has 1 fully saturated rings. The molecular weight excluding hydrogens is 348 g/mol. The van der Waals surface area contributed by atoms with Crippen LogP contribution in [0.2, 0.25) is 0 Å². The van der Waals surface area contributed by atoms with Crippen molar-refractivity contribution in [2.45, 2.75) is 18.4 Å². The SMILES string of the molecule is N#Cc1ccc2[nH]c3c(c2c1)CCNC31CCN(CCOc2ccccc2)C1. The summed E-state index contributed by atoms with van der Waals surface area (Å²) in [5.74, 6) is 0.929. The van der Waals surface area contributed by atoms with Gasteiger partial charge in [-0.25, -0.2) is 0 Å². The van der Waals surface area contributed by atoms with E-state index in [0.717, 1.165) is 55.9 Å². The van der Waals surface area contributed by atoms with Gasteiger partial charge >= 0.3 is 0 Å². The predicted molar refractivity (Wildman–Crippen MR) is 109 cm³/mol. The third-order valence-electron chi connectivity index (χ3n) is 6.12. The minimum absolute atomic E-state index is 0.0217. The van der Waals surface area contributed by atoms with Crippen molar-refractivity contribution in [1.29, 1.82) is 5.26 Å². The molecule has 1 atom stereocenters. The molecular formula is C23H24N4O. The second-order valence-electron chi connectivity index (χ2n) is 7.80. The number of benzene rings is 2. The van der Waals surface area contributed by atoms with Crippen LogP contribution in [0.5, 0.6) is 5.75 Å². The van der Waals surface area contributed by atoms with Crippen LogP contribution in [0.25, 0.3) is 10.9 Å². The van der Waals surface area contributed by atoms with Gasteiger partial charge in [-0.2, -0.15) is 5.26 Å². The Morgan fingerprint density at radius 2 is 2.07 bits per heavy atom. The fraction of sp³-hybridized carbons (Fsp3) is 0.348. The van der Waals surface area contributed by atoms with Crippen LogP contribution >= 0.6 is 0 Å². The Balaban J connectivity index is 1.34. The highest BCUT2D eigenvalue weighted by molar-refractivity contribution is 5.86. The molecule has 1 unspecified atom stereocenters. The van der Waals surface area contributed by atoms with E-state index in [1.54, 1.807) is 0 Å². The quantitative estimate of drug-likeness (QED) is 0.738. The number of rotatable bonds is 4.